The molecule has 0 bridgehead atoms. The third-order valence-corrected chi connectivity index (χ3v) is 3.15. The predicted molar refractivity (Wildman–Crippen MR) is 62.4 cm³/mol. The number of carbonyl (C=O) groups excluding carboxylic acids is 1. The van der Waals surface area contributed by atoms with Crippen molar-refractivity contribution in [1.29, 1.82) is 0 Å². The van der Waals surface area contributed by atoms with E-state index in [9.17, 15) is 4.79 Å². The molecule has 1 aliphatic heterocycles. The van der Waals surface area contributed by atoms with Crippen molar-refractivity contribution in [2.24, 2.45) is 11.8 Å². The molecule has 4 N–H and O–H groups in total. The summed E-state index contributed by atoms with van der Waals surface area (Å²) >= 11 is 0. The van der Waals surface area contributed by atoms with Gasteiger partial charge in [0.2, 0.25) is 5.91 Å². The van der Waals surface area contributed by atoms with E-state index in [1.807, 2.05) is 0 Å². The van der Waals surface area contributed by atoms with Crippen LogP contribution in [0, 0.1) is 5.92 Å². The van der Waals surface area contributed by atoms with Crippen molar-refractivity contribution in [1.82, 2.24) is 10.3 Å². The van der Waals surface area contributed by atoms with Crippen molar-refractivity contribution in [2.45, 2.75) is 32.1 Å². The first kappa shape index (κ1) is 13.4. The van der Waals surface area contributed by atoms with Crippen LogP contribution >= 0.6 is 0 Å². The van der Waals surface area contributed by atoms with Crippen molar-refractivity contribution < 1.29 is 9.90 Å². The predicted octanol–water partition coefficient (Wildman–Crippen LogP) is -0.149. The Kier molecular flexibility index (Phi) is 6.37. The second-order valence-electron chi connectivity index (χ2n) is 4.52. The number of likely N-dealkylation sites (tertiary alicyclic amines) is 1. The average molecular weight is 229 g/mol. The van der Waals surface area contributed by atoms with E-state index in [1.54, 1.807) is 0 Å². The summed E-state index contributed by atoms with van der Waals surface area (Å²) in [5.74, 6) is 5.35. The van der Waals surface area contributed by atoms with Crippen LogP contribution in [-0.2, 0) is 4.79 Å². The quantitative estimate of drug-likeness (QED) is 0.256. The van der Waals surface area contributed by atoms with Crippen LogP contribution in [0.5, 0.6) is 0 Å². The van der Waals surface area contributed by atoms with Crippen LogP contribution in [0.2, 0.25) is 0 Å². The van der Waals surface area contributed by atoms with Gasteiger partial charge in [0.25, 0.3) is 0 Å². The van der Waals surface area contributed by atoms with E-state index in [4.69, 9.17) is 10.9 Å². The number of amides is 1. The minimum atomic E-state index is -0.0909. The number of unbranched alkanes of at least 4 members (excludes halogenated alkanes) is 1. The molecular formula is C11H23N3O2. The van der Waals surface area contributed by atoms with E-state index < -0.39 is 0 Å². The van der Waals surface area contributed by atoms with Gasteiger partial charge in [-0.15, -0.1) is 0 Å². The maximum atomic E-state index is 10.9. The maximum absolute atomic E-state index is 10.9. The molecule has 1 heterocycles. The van der Waals surface area contributed by atoms with Gasteiger partial charge in [-0.3, -0.25) is 10.2 Å². The average Bonchev–Trinajstić information content (AvgIpc) is 2.34. The smallest absolute Gasteiger partial charge is 0.233 e. The third-order valence-electron chi connectivity index (χ3n) is 3.15. The van der Waals surface area contributed by atoms with Gasteiger partial charge >= 0.3 is 0 Å². The van der Waals surface area contributed by atoms with Gasteiger partial charge in [-0.1, -0.05) is 0 Å². The van der Waals surface area contributed by atoms with E-state index >= 15 is 0 Å². The van der Waals surface area contributed by atoms with Gasteiger partial charge in [-0.25, -0.2) is 5.84 Å². The SMILES string of the molecule is NNC(=O)CCCCN1CCCC(CO)C1. The summed E-state index contributed by atoms with van der Waals surface area (Å²) in [5.41, 5.74) is 2.13. The number of carbonyl (C=O) groups is 1. The van der Waals surface area contributed by atoms with Crippen LogP contribution in [0.15, 0.2) is 0 Å². The minimum absolute atomic E-state index is 0.0909. The normalized spacial score (nSPS) is 22.0. The lowest BCUT2D eigenvalue weighted by molar-refractivity contribution is -0.121. The summed E-state index contributed by atoms with van der Waals surface area (Å²) in [7, 11) is 0. The van der Waals surface area contributed by atoms with E-state index in [2.05, 4.69) is 10.3 Å². The first-order valence-corrected chi connectivity index (χ1v) is 6.09. The second kappa shape index (κ2) is 7.60. The number of rotatable bonds is 6. The van der Waals surface area contributed by atoms with Crippen LogP contribution in [0.4, 0.5) is 0 Å². The fourth-order valence-corrected chi connectivity index (χ4v) is 2.20. The molecule has 0 aromatic heterocycles. The van der Waals surface area contributed by atoms with Crippen molar-refractivity contribution in [2.75, 3.05) is 26.2 Å². The number of hydrogen-bond donors (Lipinski definition) is 3. The Hall–Kier alpha value is -0.650. The van der Waals surface area contributed by atoms with Crippen LogP contribution in [0.1, 0.15) is 32.1 Å². The number of nitrogens with zero attached hydrogens (tertiary/aromatic N) is 1. The fourth-order valence-electron chi connectivity index (χ4n) is 2.20. The zero-order valence-corrected chi connectivity index (χ0v) is 9.82. The van der Waals surface area contributed by atoms with Gasteiger partial charge in [0.15, 0.2) is 0 Å². The molecule has 1 saturated heterocycles. The van der Waals surface area contributed by atoms with Crippen LogP contribution in [-0.4, -0.2) is 42.2 Å². The Morgan fingerprint density at radius 2 is 2.31 bits per heavy atom. The molecule has 1 aliphatic rings. The van der Waals surface area contributed by atoms with Crippen molar-refractivity contribution in [3.8, 4) is 0 Å². The van der Waals surface area contributed by atoms with Crippen LogP contribution in [0.25, 0.3) is 0 Å². The van der Waals surface area contributed by atoms with Gasteiger partial charge in [-0.05, 0) is 44.7 Å². The molecule has 1 fully saturated rings. The number of aliphatic hydroxyl groups excluding tert-OH is 1. The number of hydrogen-bond acceptors (Lipinski definition) is 4. The first-order chi connectivity index (χ1) is 7.76. The summed E-state index contributed by atoms with van der Waals surface area (Å²) in [6.07, 6.45) is 4.72. The molecule has 16 heavy (non-hydrogen) atoms. The van der Waals surface area contributed by atoms with E-state index in [1.165, 1.54) is 6.42 Å². The highest BCUT2D eigenvalue weighted by Crippen LogP contribution is 2.16. The largest absolute Gasteiger partial charge is 0.396 e. The highest BCUT2D eigenvalue weighted by Gasteiger charge is 2.18. The molecular weight excluding hydrogens is 206 g/mol. The number of piperidine rings is 1. The Labute approximate surface area is 97.0 Å². The molecule has 5 nitrogen and oxygen atoms in total. The molecule has 0 aromatic carbocycles. The first-order valence-electron chi connectivity index (χ1n) is 6.09. The monoisotopic (exact) mass is 229 g/mol. The van der Waals surface area contributed by atoms with Gasteiger partial charge in [0.1, 0.15) is 0 Å². The lowest BCUT2D eigenvalue weighted by Gasteiger charge is -2.31. The Morgan fingerprint density at radius 1 is 1.50 bits per heavy atom. The van der Waals surface area contributed by atoms with Crippen LogP contribution < -0.4 is 11.3 Å². The summed E-state index contributed by atoms with van der Waals surface area (Å²) < 4.78 is 0. The number of hydrazine groups is 1. The maximum Gasteiger partial charge on any atom is 0.233 e. The fraction of sp³-hybridized carbons (Fsp3) is 0.909. The molecule has 0 aliphatic carbocycles. The Balaban J connectivity index is 2.06. The summed E-state index contributed by atoms with van der Waals surface area (Å²) in [5, 5.41) is 9.09. The number of nitrogens with two attached hydrogens (primary N) is 1. The highest BCUT2D eigenvalue weighted by molar-refractivity contribution is 5.75. The lowest BCUT2D eigenvalue weighted by Crippen LogP contribution is -2.37. The van der Waals surface area contributed by atoms with Crippen molar-refractivity contribution in [3.63, 3.8) is 0 Å². The number of nitrogens with one attached hydrogen (secondary N) is 1. The molecule has 0 spiro atoms. The molecule has 0 radical (unpaired) electrons. The topological polar surface area (TPSA) is 78.6 Å². The van der Waals surface area contributed by atoms with Gasteiger partial charge in [0.05, 0.1) is 0 Å². The zero-order chi connectivity index (χ0) is 11.8. The summed E-state index contributed by atoms with van der Waals surface area (Å²) in [4.78, 5) is 13.3. The molecule has 1 unspecified atom stereocenters. The van der Waals surface area contributed by atoms with Gasteiger partial charge < -0.3 is 10.0 Å². The standard InChI is InChI=1S/C11H23N3O2/c12-13-11(16)5-1-2-6-14-7-3-4-10(8-14)9-15/h10,15H,1-9,12H2,(H,13,16). The lowest BCUT2D eigenvalue weighted by atomic mass is 9.99. The molecule has 1 atom stereocenters. The molecule has 0 saturated carbocycles. The zero-order valence-electron chi connectivity index (χ0n) is 9.82. The third kappa shape index (κ3) is 4.92. The Bertz CT molecular complexity index is 211. The van der Waals surface area contributed by atoms with Gasteiger partial charge in [0, 0.05) is 19.6 Å². The molecule has 1 amide bonds. The highest BCUT2D eigenvalue weighted by atomic mass is 16.3. The molecule has 94 valence electrons. The van der Waals surface area contributed by atoms with E-state index in [0.717, 1.165) is 38.9 Å². The second-order valence-corrected chi connectivity index (χ2v) is 4.52. The van der Waals surface area contributed by atoms with Crippen molar-refractivity contribution >= 4 is 5.91 Å². The molecule has 1 rings (SSSR count). The minimum Gasteiger partial charge on any atom is -0.396 e. The van der Waals surface area contributed by atoms with E-state index in [0.29, 0.717) is 18.9 Å². The van der Waals surface area contributed by atoms with Crippen molar-refractivity contribution in [3.05, 3.63) is 0 Å². The summed E-state index contributed by atoms with van der Waals surface area (Å²) in [6.45, 7) is 3.44. The number of aliphatic hydroxyl groups is 1. The molecule has 0 aromatic rings. The van der Waals surface area contributed by atoms with Gasteiger partial charge in [-0.2, -0.15) is 0 Å². The van der Waals surface area contributed by atoms with E-state index in [-0.39, 0.29) is 5.91 Å². The van der Waals surface area contributed by atoms with Crippen LogP contribution in [0.3, 0.4) is 0 Å². The Morgan fingerprint density at radius 3 is 3.00 bits per heavy atom. The summed E-state index contributed by atoms with van der Waals surface area (Å²) in [6, 6.07) is 0. The molecule has 5 heteroatoms.